The Morgan fingerprint density at radius 1 is 1.47 bits per heavy atom. The molecule has 2 aliphatic heterocycles. The second-order valence-electron chi connectivity index (χ2n) is 5.03. The average Bonchev–Trinajstić information content (AvgIpc) is 2.89. The molecule has 17 heavy (non-hydrogen) atoms. The van der Waals surface area contributed by atoms with Crippen LogP contribution in [-0.2, 0) is 14.3 Å². The first-order valence-electron chi connectivity index (χ1n) is 6.28. The molecule has 98 valence electrons. The van der Waals surface area contributed by atoms with E-state index in [0.717, 1.165) is 32.7 Å². The lowest BCUT2D eigenvalue weighted by molar-refractivity contribution is -0.149. The van der Waals surface area contributed by atoms with Crippen molar-refractivity contribution in [2.75, 3.05) is 33.4 Å². The van der Waals surface area contributed by atoms with Crippen molar-refractivity contribution in [3.63, 3.8) is 0 Å². The summed E-state index contributed by atoms with van der Waals surface area (Å²) >= 11 is 0. The van der Waals surface area contributed by atoms with Crippen LogP contribution in [0.3, 0.4) is 0 Å². The van der Waals surface area contributed by atoms with E-state index in [0.29, 0.717) is 12.3 Å². The molecule has 1 N–H and O–H groups in total. The first kappa shape index (κ1) is 12.8. The molecule has 2 heterocycles. The van der Waals surface area contributed by atoms with E-state index in [1.807, 2.05) is 0 Å². The first-order chi connectivity index (χ1) is 8.19. The lowest BCUT2D eigenvalue weighted by Gasteiger charge is -2.20. The summed E-state index contributed by atoms with van der Waals surface area (Å²) in [5.41, 5.74) is 0. The Morgan fingerprint density at radius 3 is 2.94 bits per heavy atom. The van der Waals surface area contributed by atoms with Crippen molar-refractivity contribution in [2.24, 2.45) is 5.92 Å². The third-order valence-electron chi connectivity index (χ3n) is 3.62. The van der Waals surface area contributed by atoms with E-state index in [1.165, 1.54) is 6.42 Å². The second-order valence-corrected chi connectivity index (χ2v) is 5.03. The minimum Gasteiger partial charge on any atom is -0.479 e. The number of likely N-dealkylation sites (tertiary alicyclic amines) is 1. The summed E-state index contributed by atoms with van der Waals surface area (Å²) in [6, 6.07) is 0. The summed E-state index contributed by atoms with van der Waals surface area (Å²) in [6.45, 7) is 3.81. The highest BCUT2D eigenvalue weighted by Gasteiger charge is 2.33. The van der Waals surface area contributed by atoms with E-state index in [4.69, 9.17) is 14.6 Å². The zero-order valence-electron chi connectivity index (χ0n) is 10.3. The van der Waals surface area contributed by atoms with Gasteiger partial charge < -0.3 is 19.5 Å². The summed E-state index contributed by atoms with van der Waals surface area (Å²) in [5.74, 6) is -0.206. The molecule has 0 spiro atoms. The van der Waals surface area contributed by atoms with Gasteiger partial charge in [0.05, 0.1) is 12.7 Å². The average molecular weight is 243 g/mol. The van der Waals surface area contributed by atoms with E-state index >= 15 is 0 Å². The highest BCUT2D eigenvalue weighted by molar-refractivity contribution is 5.72. The molecule has 0 aromatic heterocycles. The fraction of sp³-hybridized carbons (Fsp3) is 0.917. The monoisotopic (exact) mass is 243 g/mol. The number of carboxylic acids is 1. The van der Waals surface area contributed by atoms with E-state index in [2.05, 4.69) is 4.90 Å². The van der Waals surface area contributed by atoms with Crippen molar-refractivity contribution in [3.05, 3.63) is 0 Å². The summed E-state index contributed by atoms with van der Waals surface area (Å²) in [4.78, 5) is 13.1. The smallest absolute Gasteiger partial charge is 0.332 e. The molecule has 2 saturated heterocycles. The Balaban J connectivity index is 1.71. The lowest BCUT2D eigenvalue weighted by Crippen LogP contribution is -2.32. The molecule has 0 aliphatic carbocycles. The summed E-state index contributed by atoms with van der Waals surface area (Å²) in [6.07, 6.45) is 2.19. The van der Waals surface area contributed by atoms with Crippen LogP contribution in [0.2, 0.25) is 0 Å². The van der Waals surface area contributed by atoms with Gasteiger partial charge in [-0.3, -0.25) is 0 Å². The molecule has 0 bridgehead atoms. The first-order valence-corrected chi connectivity index (χ1v) is 6.28. The van der Waals surface area contributed by atoms with Crippen molar-refractivity contribution in [1.82, 2.24) is 4.90 Å². The quantitative estimate of drug-likeness (QED) is 0.765. The van der Waals surface area contributed by atoms with Gasteiger partial charge in [0.2, 0.25) is 0 Å². The minimum absolute atomic E-state index is 0.0948. The van der Waals surface area contributed by atoms with Gasteiger partial charge in [-0.1, -0.05) is 0 Å². The van der Waals surface area contributed by atoms with Crippen LogP contribution < -0.4 is 0 Å². The minimum atomic E-state index is -0.828. The highest BCUT2D eigenvalue weighted by Crippen LogP contribution is 2.23. The van der Waals surface area contributed by atoms with Gasteiger partial charge in [0, 0.05) is 20.2 Å². The van der Waals surface area contributed by atoms with Crippen LogP contribution in [-0.4, -0.2) is 61.5 Å². The zero-order valence-corrected chi connectivity index (χ0v) is 10.3. The third-order valence-corrected chi connectivity index (χ3v) is 3.62. The maximum absolute atomic E-state index is 10.8. The van der Waals surface area contributed by atoms with Gasteiger partial charge in [-0.05, 0) is 31.7 Å². The number of nitrogens with zero attached hydrogens (tertiary/aromatic N) is 1. The van der Waals surface area contributed by atoms with E-state index in [1.54, 1.807) is 7.11 Å². The fourth-order valence-corrected chi connectivity index (χ4v) is 2.76. The van der Waals surface area contributed by atoms with Crippen molar-refractivity contribution in [3.8, 4) is 0 Å². The largest absolute Gasteiger partial charge is 0.479 e. The molecular formula is C12H21NO4. The van der Waals surface area contributed by atoms with Gasteiger partial charge in [0.15, 0.2) is 6.10 Å². The van der Waals surface area contributed by atoms with Crippen molar-refractivity contribution >= 4 is 5.97 Å². The number of methoxy groups -OCH3 is 1. The predicted molar refractivity (Wildman–Crippen MR) is 62.0 cm³/mol. The maximum Gasteiger partial charge on any atom is 0.332 e. The predicted octanol–water partition coefficient (Wildman–Crippen LogP) is 0.587. The summed E-state index contributed by atoms with van der Waals surface area (Å²) in [7, 11) is 1.74. The SMILES string of the molecule is COCC1CCN(CC2CCC(C(=O)O)O2)C1. The Labute approximate surface area is 102 Å². The maximum atomic E-state index is 10.8. The number of rotatable bonds is 5. The van der Waals surface area contributed by atoms with Gasteiger partial charge in [-0.25, -0.2) is 4.79 Å². The van der Waals surface area contributed by atoms with Crippen LogP contribution in [0.4, 0.5) is 0 Å². The molecule has 0 aromatic carbocycles. The second kappa shape index (κ2) is 5.80. The lowest BCUT2D eigenvalue weighted by atomic mass is 10.1. The molecule has 5 nitrogen and oxygen atoms in total. The van der Waals surface area contributed by atoms with Crippen molar-refractivity contribution < 1.29 is 19.4 Å². The Hall–Kier alpha value is -0.650. The highest BCUT2D eigenvalue weighted by atomic mass is 16.5. The number of carboxylic acid groups (broad SMARTS) is 1. The Morgan fingerprint density at radius 2 is 2.29 bits per heavy atom. The molecule has 3 unspecified atom stereocenters. The normalized spacial score (nSPS) is 34.3. The molecule has 0 aromatic rings. The molecular weight excluding hydrogens is 222 g/mol. The van der Waals surface area contributed by atoms with Crippen LogP contribution in [0.15, 0.2) is 0 Å². The topological polar surface area (TPSA) is 59.0 Å². The number of hydrogen-bond acceptors (Lipinski definition) is 4. The summed E-state index contributed by atoms with van der Waals surface area (Å²) in [5, 5.41) is 8.85. The number of aliphatic carboxylic acids is 1. The standard InChI is InChI=1S/C12H21NO4/c1-16-8-9-4-5-13(6-9)7-10-2-3-11(17-10)12(14)15/h9-11H,2-8H2,1H3,(H,14,15). The molecule has 0 radical (unpaired) electrons. The van der Waals surface area contributed by atoms with E-state index < -0.39 is 12.1 Å². The third kappa shape index (κ3) is 3.40. The van der Waals surface area contributed by atoms with E-state index in [-0.39, 0.29) is 6.10 Å². The molecule has 2 aliphatic rings. The molecule has 2 rings (SSSR count). The molecule has 5 heteroatoms. The fourth-order valence-electron chi connectivity index (χ4n) is 2.76. The van der Waals surface area contributed by atoms with Crippen molar-refractivity contribution in [1.29, 1.82) is 0 Å². The Kier molecular flexibility index (Phi) is 4.36. The van der Waals surface area contributed by atoms with Gasteiger partial charge in [-0.2, -0.15) is 0 Å². The number of hydrogen-bond donors (Lipinski definition) is 1. The van der Waals surface area contributed by atoms with Crippen molar-refractivity contribution in [2.45, 2.75) is 31.5 Å². The zero-order chi connectivity index (χ0) is 12.3. The van der Waals surface area contributed by atoms with Gasteiger partial charge in [0.25, 0.3) is 0 Å². The van der Waals surface area contributed by atoms with Gasteiger partial charge in [0.1, 0.15) is 0 Å². The number of carbonyl (C=O) groups is 1. The molecule has 3 atom stereocenters. The Bertz CT molecular complexity index is 271. The van der Waals surface area contributed by atoms with Crippen LogP contribution in [0.1, 0.15) is 19.3 Å². The molecule has 0 amide bonds. The van der Waals surface area contributed by atoms with Crippen LogP contribution in [0.5, 0.6) is 0 Å². The number of ether oxygens (including phenoxy) is 2. The molecule has 2 fully saturated rings. The van der Waals surface area contributed by atoms with Crippen LogP contribution >= 0.6 is 0 Å². The van der Waals surface area contributed by atoms with Crippen LogP contribution in [0.25, 0.3) is 0 Å². The molecule has 0 saturated carbocycles. The van der Waals surface area contributed by atoms with E-state index in [9.17, 15) is 4.79 Å². The van der Waals surface area contributed by atoms with Crippen LogP contribution in [0, 0.1) is 5.92 Å². The van der Waals surface area contributed by atoms with Gasteiger partial charge >= 0.3 is 5.97 Å². The van der Waals surface area contributed by atoms with Gasteiger partial charge in [-0.15, -0.1) is 0 Å². The summed E-state index contributed by atoms with van der Waals surface area (Å²) < 4.78 is 10.7.